The molecule has 0 spiro atoms. The first kappa shape index (κ1) is 16.0. The zero-order chi connectivity index (χ0) is 17.6. The summed E-state index contributed by atoms with van der Waals surface area (Å²) in [5.74, 6) is -0.658. The third kappa shape index (κ3) is 2.47. The van der Waals surface area contributed by atoms with Gasteiger partial charge in [-0.3, -0.25) is 10.1 Å². The number of hydrogen-bond donors (Lipinski definition) is 1. The summed E-state index contributed by atoms with van der Waals surface area (Å²) in [7, 11) is 1.58. The molecule has 1 atom stereocenters. The van der Waals surface area contributed by atoms with Gasteiger partial charge in [-0.25, -0.2) is 9.37 Å². The van der Waals surface area contributed by atoms with Crippen molar-refractivity contribution in [2.24, 2.45) is 0 Å². The normalized spacial score (nSPS) is 13.0. The number of halogens is 2. The Bertz CT molecular complexity index is 1070. The van der Waals surface area contributed by atoms with Crippen LogP contribution in [0.1, 0.15) is 18.4 Å². The predicted molar refractivity (Wildman–Crippen MR) is 93.3 cm³/mol. The molecule has 0 saturated carbocycles. The molecule has 8 heteroatoms. The van der Waals surface area contributed by atoms with Gasteiger partial charge in [0, 0.05) is 48.1 Å². The van der Waals surface area contributed by atoms with Crippen molar-refractivity contribution in [3.63, 3.8) is 0 Å². The first-order valence-corrected chi connectivity index (χ1v) is 8.11. The second kappa shape index (κ2) is 6.09. The van der Waals surface area contributed by atoms with Crippen LogP contribution in [0.15, 0.2) is 31.0 Å². The van der Waals surface area contributed by atoms with Crippen LogP contribution in [0.4, 0.5) is 4.39 Å². The molecule has 0 bridgehead atoms. The van der Waals surface area contributed by atoms with E-state index in [-0.39, 0.29) is 10.9 Å². The lowest BCUT2D eigenvalue weighted by molar-refractivity contribution is 0.183. The Morgan fingerprint density at radius 2 is 2.20 bits per heavy atom. The van der Waals surface area contributed by atoms with E-state index in [1.807, 2.05) is 11.3 Å². The Kier molecular flexibility index (Phi) is 3.89. The van der Waals surface area contributed by atoms with E-state index in [0.717, 1.165) is 5.39 Å². The van der Waals surface area contributed by atoms with Gasteiger partial charge in [0.05, 0.1) is 35.2 Å². The minimum Gasteiger partial charge on any atom is -0.384 e. The standard InChI is InChI=1S/C17H15ClFN5O/c1-9(8-25-2)13-16(19)15(18)14(10-5-22-23-17(10)13)11-7-24-4-3-20-12(24)6-21-11/h3-7,9H,8H2,1-2H3,(H,22,23)/t9-/m1/s1. The lowest BCUT2D eigenvalue weighted by Crippen LogP contribution is -2.07. The summed E-state index contributed by atoms with van der Waals surface area (Å²) >= 11 is 6.42. The fourth-order valence-electron chi connectivity index (χ4n) is 3.14. The van der Waals surface area contributed by atoms with E-state index in [9.17, 15) is 0 Å². The molecule has 128 valence electrons. The van der Waals surface area contributed by atoms with E-state index in [2.05, 4.69) is 20.2 Å². The monoisotopic (exact) mass is 359 g/mol. The van der Waals surface area contributed by atoms with Crippen molar-refractivity contribution in [1.29, 1.82) is 0 Å². The van der Waals surface area contributed by atoms with Crippen molar-refractivity contribution >= 4 is 28.2 Å². The number of aromatic nitrogens is 5. The van der Waals surface area contributed by atoms with Crippen LogP contribution in [-0.2, 0) is 4.74 Å². The van der Waals surface area contributed by atoms with Crippen molar-refractivity contribution in [3.8, 4) is 11.3 Å². The fraction of sp³-hybridized carbons (Fsp3) is 0.235. The van der Waals surface area contributed by atoms with Crippen LogP contribution in [0.5, 0.6) is 0 Å². The number of rotatable bonds is 4. The van der Waals surface area contributed by atoms with E-state index in [1.165, 1.54) is 0 Å². The molecular weight excluding hydrogens is 345 g/mol. The molecule has 3 aromatic heterocycles. The van der Waals surface area contributed by atoms with Crippen LogP contribution in [0.2, 0.25) is 5.02 Å². The van der Waals surface area contributed by atoms with Gasteiger partial charge in [-0.1, -0.05) is 18.5 Å². The van der Waals surface area contributed by atoms with Gasteiger partial charge in [0.15, 0.2) is 5.65 Å². The minimum absolute atomic E-state index is 0.0267. The maximum Gasteiger partial charge on any atom is 0.155 e. The number of ether oxygens (including phenoxy) is 1. The second-order valence-corrected chi connectivity index (χ2v) is 6.27. The topological polar surface area (TPSA) is 68.1 Å². The third-order valence-corrected chi connectivity index (χ3v) is 4.63. The number of H-pyrrole nitrogens is 1. The molecule has 1 N–H and O–H groups in total. The third-order valence-electron chi connectivity index (χ3n) is 4.27. The number of imidazole rings is 1. The van der Waals surface area contributed by atoms with Crippen LogP contribution in [0, 0.1) is 5.82 Å². The summed E-state index contributed by atoms with van der Waals surface area (Å²) in [5.41, 5.74) is 2.83. The maximum atomic E-state index is 15.1. The molecule has 0 fully saturated rings. The SMILES string of the molecule is COC[C@@H](C)c1c(F)c(Cl)c(-c2cn3ccnc3cn2)c2cn[nH]c12. The van der Waals surface area contributed by atoms with Crippen LogP contribution in [-0.4, -0.2) is 38.3 Å². The highest BCUT2D eigenvalue weighted by Gasteiger charge is 2.25. The lowest BCUT2D eigenvalue weighted by atomic mass is 9.95. The van der Waals surface area contributed by atoms with Gasteiger partial charge in [-0.2, -0.15) is 5.10 Å². The molecule has 4 aromatic rings. The van der Waals surface area contributed by atoms with E-state index in [4.69, 9.17) is 16.3 Å². The van der Waals surface area contributed by atoms with Crippen LogP contribution < -0.4 is 0 Å². The van der Waals surface area contributed by atoms with Crippen LogP contribution in [0.25, 0.3) is 27.8 Å². The van der Waals surface area contributed by atoms with Gasteiger partial charge in [0.2, 0.25) is 0 Å². The number of nitrogens with one attached hydrogen (secondary N) is 1. The average molecular weight is 360 g/mol. The number of hydrogen-bond acceptors (Lipinski definition) is 4. The number of benzene rings is 1. The second-order valence-electron chi connectivity index (χ2n) is 5.90. The molecule has 0 aliphatic rings. The van der Waals surface area contributed by atoms with E-state index in [0.29, 0.717) is 34.6 Å². The van der Waals surface area contributed by atoms with E-state index in [1.54, 1.807) is 38.1 Å². The van der Waals surface area contributed by atoms with Gasteiger partial charge in [0.1, 0.15) is 5.82 Å². The van der Waals surface area contributed by atoms with Gasteiger partial charge in [-0.15, -0.1) is 0 Å². The van der Waals surface area contributed by atoms with Crippen molar-refractivity contribution < 1.29 is 9.13 Å². The summed E-state index contributed by atoms with van der Waals surface area (Å²) in [6.07, 6.45) is 8.50. The zero-order valence-corrected chi connectivity index (χ0v) is 14.4. The highest BCUT2D eigenvalue weighted by molar-refractivity contribution is 6.35. The van der Waals surface area contributed by atoms with Gasteiger partial charge in [0.25, 0.3) is 0 Å². The summed E-state index contributed by atoms with van der Waals surface area (Å²) in [6, 6.07) is 0. The number of methoxy groups -OCH3 is 1. The maximum absolute atomic E-state index is 15.1. The molecule has 25 heavy (non-hydrogen) atoms. The summed E-state index contributed by atoms with van der Waals surface area (Å²) in [5, 5.41) is 7.72. The Labute approximate surface area is 147 Å². The largest absolute Gasteiger partial charge is 0.384 e. The number of aromatic amines is 1. The first-order valence-electron chi connectivity index (χ1n) is 7.73. The van der Waals surface area contributed by atoms with E-state index >= 15 is 4.39 Å². The first-order chi connectivity index (χ1) is 12.1. The Balaban J connectivity index is 2.00. The molecule has 0 aliphatic carbocycles. The van der Waals surface area contributed by atoms with Crippen LogP contribution >= 0.6 is 11.6 Å². The van der Waals surface area contributed by atoms with Crippen molar-refractivity contribution in [3.05, 3.63) is 47.4 Å². The highest BCUT2D eigenvalue weighted by atomic mass is 35.5. The highest BCUT2D eigenvalue weighted by Crippen LogP contribution is 2.40. The summed E-state index contributed by atoms with van der Waals surface area (Å²) < 4.78 is 22.1. The van der Waals surface area contributed by atoms with Crippen molar-refractivity contribution in [1.82, 2.24) is 24.6 Å². The summed E-state index contributed by atoms with van der Waals surface area (Å²) in [6.45, 7) is 2.26. The molecular formula is C17H15ClFN5O. The average Bonchev–Trinajstić information content (AvgIpc) is 3.24. The summed E-state index contributed by atoms with van der Waals surface area (Å²) in [4.78, 5) is 8.56. The molecule has 4 rings (SSSR count). The molecule has 0 aliphatic heterocycles. The van der Waals surface area contributed by atoms with Crippen molar-refractivity contribution in [2.45, 2.75) is 12.8 Å². The molecule has 1 aromatic carbocycles. The zero-order valence-electron chi connectivity index (χ0n) is 13.6. The Hall–Kier alpha value is -2.51. The molecule has 0 amide bonds. The molecule has 0 saturated heterocycles. The quantitative estimate of drug-likeness (QED) is 0.601. The predicted octanol–water partition coefficient (Wildman–Crippen LogP) is 3.82. The molecule has 3 heterocycles. The van der Waals surface area contributed by atoms with Crippen LogP contribution in [0.3, 0.4) is 0 Å². The van der Waals surface area contributed by atoms with Gasteiger partial charge in [-0.05, 0) is 0 Å². The fourth-order valence-corrected chi connectivity index (χ4v) is 3.44. The number of nitrogens with zero attached hydrogens (tertiary/aromatic N) is 4. The molecule has 6 nitrogen and oxygen atoms in total. The Morgan fingerprint density at radius 1 is 1.36 bits per heavy atom. The van der Waals surface area contributed by atoms with Crippen molar-refractivity contribution in [2.75, 3.05) is 13.7 Å². The Morgan fingerprint density at radius 3 is 3.00 bits per heavy atom. The smallest absolute Gasteiger partial charge is 0.155 e. The molecule has 0 radical (unpaired) electrons. The van der Waals surface area contributed by atoms with Gasteiger partial charge >= 0.3 is 0 Å². The van der Waals surface area contributed by atoms with Gasteiger partial charge < -0.3 is 9.14 Å². The lowest BCUT2D eigenvalue weighted by Gasteiger charge is -2.16. The number of fused-ring (bicyclic) bond motifs is 2. The van der Waals surface area contributed by atoms with E-state index < -0.39 is 5.82 Å². The minimum atomic E-state index is -0.481. The molecule has 0 unspecified atom stereocenters.